The van der Waals surface area contributed by atoms with Crippen LogP contribution in [0.2, 0.25) is 0 Å². The van der Waals surface area contributed by atoms with Gasteiger partial charge in [0.2, 0.25) is 0 Å². The first-order chi connectivity index (χ1) is 12.5. The van der Waals surface area contributed by atoms with E-state index in [0.717, 1.165) is 25.7 Å². The first kappa shape index (κ1) is 18.3. The normalized spacial score (nSPS) is 25.8. The Morgan fingerprint density at radius 3 is 2.85 bits per heavy atom. The quantitative estimate of drug-likeness (QED) is 0.412. The fourth-order valence-electron chi connectivity index (χ4n) is 3.52. The van der Waals surface area contributed by atoms with Gasteiger partial charge in [-0.1, -0.05) is 18.9 Å². The van der Waals surface area contributed by atoms with Gasteiger partial charge < -0.3 is 10.1 Å². The Morgan fingerprint density at radius 2 is 2.08 bits per heavy atom. The lowest BCUT2D eigenvalue weighted by Crippen LogP contribution is -2.43. The zero-order chi connectivity index (χ0) is 18.7. The van der Waals surface area contributed by atoms with Crippen LogP contribution >= 0.6 is 0 Å². The number of hydrogen-bond acceptors (Lipinski definition) is 7. The van der Waals surface area contributed by atoms with E-state index in [-0.39, 0.29) is 23.3 Å². The first-order valence-corrected chi connectivity index (χ1v) is 8.72. The Hall–Kier alpha value is -2.52. The molecule has 1 aromatic rings. The molecule has 1 saturated carbocycles. The monoisotopic (exact) mass is 362 g/mol. The minimum absolute atomic E-state index is 0.128. The van der Waals surface area contributed by atoms with Crippen LogP contribution in [0.4, 0.5) is 11.4 Å². The smallest absolute Gasteiger partial charge is 0.325 e. The molecule has 0 spiro atoms. The third kappa shape index (κ3) is 4.00. The van der Waals surface area contributed by atoms with Crippen LogP contribution in [0.5, 0.6) is 0 Å². The maximum Gasteiger partial charge on any atom is 0.325 e. The van der Waals surface area contributed by atoms with Crippen LogP contribution in [0.1, 0.15) is 32.6 Å². The highest BCUT2D eigenvalue weighted by Crippen LogP contribution is 2.30. The molecule has 4 unspecified atom stereocenters. The summed E-state index contributed by atoms with van der Waals surface area (Å²) in [5, 5.41) is 13.3. The second-order valence-electron chi connectivity index (χ2n) is 6.70. The molecule has 2 fully saturated rings. The van der Waals surface area contributed by atoms with Gasteiger partial charge in [0.05, 0.1) is 4.92 Å². The molecule has 4 atom stereocenters. The minimum atomic E-state index is -1.01. The van der Waals surface area contributed by atoms with Crippen LogP contribution in [-0.4, -0.2) is 35.0 Å². The number of nitro groups is 1. The first-order valence-electron chi connectivity index (χ1n) is 8.72. The van der Waals surface area contributed by atoms with Crippen molar-refractivity contribution in [3.05, 3.63) is 34.4 Å². The van der Waals surface area contributed by atoms with Gasteiger partial charge in [-0.3, -0.25) is 25.1 Å². The van der Waals surface area contributed by atoms with E-state index in [2.05, 4.69) is 16.2 Å². The van der Waals surface area contributed by atoms with Gasteiger partial charge in [0.1, 0.15) is 6.04 Å². The molecule has 3 rings (SSSR count). The maximum absolute atomic E-state index is 12.4. The van der Waals surface area contributed by atoms with E-state index in [4.69, 9.17) is 4.74 Å². The molecule has 1 aromatic carbocycles. The van der Waals surface area contributed by atoms with Crippen molar-refractivity contribution in [1.82, 2.24) is 10.9 Å². The van der Waals surface area contributed by atoms with Crippen LogP contribution in [0.3, 0.4) is 0 Å². The average molecular weight is 362 g/mol. The molecule has 9 heteroatoms. The van der Waals surface area contributed by atoms with Gasteiger partial charge in [0.25, 0.3) is 11.6 Å². The second kappa shape index (κ2) is 7.79. The molecule has 1 amide bonds. The van der Waals surface area contributed by atoms with Gasteiger partial charge in [0, 0.05) is 29.8 Å². The maximum atomic E-state index is 12.4. The number of rotatable bonds is 5. The molecule has 1 heterocycles. The number of non-ortho nitro benzene ring substituents is 1. The minimum Gasteiger partial charge on any atom is -0.451 e. The fourth-order valence-corrected chi connectivity index (χ4v) is 3.52. The number of carbonyl (C=O) groups excluding carboxylic acids is 2. The van der Waals surface area contributed by atoms with E-state index in [1.807, 2.05) is 0 Å². The predicted molar refractivity (Wildman–Crippen MR) is 93.1 cm³/mol. The van der Waals surface area contributed by atoms with Gasteiger partial charge in [-0.25, -0.2) is 5.43 Å². The largest absolute Gasteiger partial charge is 0.451 e. The number of ether oxygens (including phenoxy) is 1. The van der Waals surface area contributed by atoms with E-state index in [1.165, 1.54) is 31.2 Å². The number of amides is 1. The van der Waals surface area contributed by atoms with Crippen molar-refractivity contribution in [1.29, 1.82) is 0 Å². The summed E-state index contributed by atoms with van der Waals surface area (Å²) < 4.78 is 5.31. The van der Waals surface area contributed by atoms with Crippen LogP contribution in [0, 0.1) is 16.0 Å². The van der Waals surface area contributed by atoms with E-state index >= 15 is 0 Å². The molecule has 2 aliphatic rings. The number of nitrogens with one attached hydrogen (secondary N) is 3. The van der Waals surface area contributed by atoms with Gasteiger partial charge in [-0.2, -0.15) is 0 Å². The summed E-state index contributed by atoms with van der Waals surface area (Å²) >= 11 is 0. The molecule has 1 aliphatic heterocycles. The number of hydrogen-bond donors (Lipinski definition) is 3. The van der Waals surface area contributed by atoms with Gasteiger partial charge >= 0.3 is 5.97 Å². The molecule has 9 nitrogen and oxygen atoms in total. The summed E-state index contributed by atoms with van der Waals surface area (Å²) in [6.07, 6.45) is 3.17. The Balaban J connectivity index is 1.56. The summed E-state index contributed by atoms with van der Waals surface area (Å²) in [4.78, 5) is 34.9. The number of carbonyl (C=O) groups is 2. The third-order valence-corrected chi connectivity index (χ3v) is 4.91. The highest BCUT2D eigenvalue weighted by Gasteiger charge is 2.42. The second-order valence-corrected chi connectivity index (χ2v) is 6.70. The standard InChI is InChI=1S/C17H22N4O5/c1-10(16(22)18-11-5-4-6-12(9-11)21(24)25)26-17(23)15-13-7-2-3-8-14(13)19-20-15/h4-6,9-10,13-15,19-20H,2-3,7-8H2,1H3,(H,18,22). The highest BCUT2D eigenvalue weighted by atomic mass is 16.6. The zero-order valence-electron chi connectivity index (χ0n) is 14.4. The average Bonchev–Trinajstić information content (AvgIpc) is 3.06. The summed E-state index contributed by atoms with van der Waals surface area (Å²) in [6, 6.07) is 5.39. The zero-order valence-corrected chi connectivity index (χ0v) is 14.4. The number of esters is 1. The molecule has 0 radical (unpaired) electrons. The highest BCUT2D eigenvalue weighted by molar-refractivity contribution is 5.95. The molecular formula is C17H22N4O5. The number of nitrogens with zero attached hydrogens (tertiary/aromatic N) is 1. The van der Waals surface area contributed by atoms with Crippen molar-refractivity contribution in [3.63, 3.8) is 0 Å². The lowest BCUT2D eigenvalue weighted by Gasteiger charge is -2.26. The molecular weight excluding hydrogens is 340 g/mol. The molecule has 1 aliphatic carbocycles. The van der Waals surface area contributed by atoms with Crippen molar-refractivity contribution < 1.29 is 19.2 Å². The van der Waals surface area contributed by atoms with E-state index in [1.54, 1.807) is 0 Å². The lowest BCUT2D eigenvalue weighted by molar-refractivity contribution is -0.384. The number of anilines is 1. The Bertz CT molecular complexity index is 710. The summed E-state index contributed by atoms with van der Waals surface area (Å²) in [5.41, 5.74) is 6.26. The van der Waals surface area contributed by atoms with E-state index in [9.17, 15) is 19.7 Å². The topological polar surface area (TPSA) is 123 Å². The molecule has 0 aromatic heterocycles. The van der Waals surface area contributed by atoms with Crippen molar-refractivity contribution in [2.75, 3.05) is 5.32 Å². The Labute approximate surface area is 150 Å². The molecule has 0 bridgehead atoms. The number of fused-ring (bicyclic) bond motifs is 1. The predicted octanol–water partition coefficient (Wildman–Crippen LogP) is 1.50. The molecule has 1 saturated heterocycles. The number of hydrazine groups is 1. The fraction of sp³-hybridized carbons (Fsp3) is 0.529. The van der Waals surface area contributed by atoms with Crippen molar-refractivity contribution in [3.8, 4) is 0 Å². The van der Waals surface area contributed by atoms with E-state index in [0.29, 0.717) is 0 Å². The van der Waals surface area contributed by atoms with Crippen LogP contribution in [-0.2, 0) is 14.3 Å². The SMILES string of the molecule is CC(OC(=O)C1NNC2CCCCC21)C(=O)Nc1cccc([N+](=O)[O-])c1. The van der Waals surface area contributed by atoms with Crippen LogP contribution in [0.25, 0.3) is 0 Å². The van der Waals surface area contributed by atoms with Crippen molar-refractivity contribution >= 4 is 23.3 Å². The summed E-state index contributed by atoms with van der Waals surface area (Å²) in [6.45, 7) is 1.48. The van der Waals surface area contributed by atoms with E-state index < -0.39 is 28.9 Å². The lowest BCUT2D eigenvalue weighted by atomic mass is 9.82. The molecule has 140 valence electrons. The van der Waals surface area contributed by atoms with Crippen LogP contribution < -0.4 is 16.2 Å². The Kier molecular flexibility index (Phi) is 5.48. The van der Waals surface area contributed by atoms with Crippen molar-refractivity contribution in [2.24, 2.45) is 5.92 Å². The van der Waals surface area contributed by atoms with Crippen LogP contribution in [0.15, 0.2) is 24.3 Å². The van der Waals surface area contributed by atoms with Crippen molar-refractivity contribution in [2.45, 2.75) is 50.8 Å². The third-order valence-electron chi connectivity index (χ3n) is 4.91. The molecule has 3 N–H and O–H groups in total. The van der Waals surface area contributed by atoms with Gasteiger partial charge in [-0.15, -0.1) is 0 Å². The number of nitro benzene ring substituents is 1. The van der Waals surface area contributed by atoms with Gasteiger partial charge in [-0.05, 0) is 25.8 Å². The van der Waals surface area contributed by atoms with Gasteiger partial charge in [0.15, 0.2) is 6.10 Å². The Morgan fingerprint density at radius 1 is 1.31 bits per heavy atom. The summed E-state index contributed by atoms with van der Waals surface area (Å²) in [7, 11) is 0. The number of benzene rings is 1. The molecule has 26 heavy (non-hydrogen) atoms. The summed E-state index contributed by atoms with van der Waals surface area (Å²) in [5.74, 6) is -0.832.